The highest BCUT2D eigenvalue weighted by atomic mass is 79.9. The van der Waals surface area contributed by atoms with E-state index in [1.807, 2.05) is 0 Å². The molecule has 2 N–H and O–H groups in total. The maximum absolute atomic E-state index is 13.7. The van der Waals surface area contributed by atoms with Crippen molar-refractivity contribution < 1.29 is 14.2 Å². The van der Waals surface area contributed by atoms with Gasteiger partial charge in [0.1, 0.15) is 23.9 Å². The number of halogens is 2. The van der Waals surface area contributed by atoms with Crippen LogP contribution in [0.1, 0.15) is 11.6 Å². The fourth-order valence-corrected chi connectivity index (χ4v) is 2.48. The zero-order valence-corrected chi connectivity index (χ0v) is 11.4. The van der Waals surface area contributed by atoms with Gasteiger partial charge >= 0.3 is 0 Å². The zero-order valence-electron chi connectivity index (χ0n) is 9.86. The second-order valence-electron chi connectivity index (χ2n) is 4.35. The summed E-state index contributed by atoms with van der Waals surface area (Å²) in [5, 5.41) is 12.5. The van der Waals surface area contributed by atoms with Gasteiger partial charge in [0.05, 0.1) is 11.7 Å². The number of phenols is 1. The van der Waals surface area contributed by atoms with Crippen LogP contribution in [0.5, 0.6) is 11.5 Å². The van der Waals surface area contributed by atoms with Gasteiger partial charge in [-0.15, -0.1) is 0 Å². The molecular weight excluding hydrogens is 313 g/mol. The monoisotopic (exact) mass is 323 g/mol. The van der Waals surface area contributed by atoms with Gasteiger partial charge in [-0.2, -0.15) is 0 Å². The number of ether oxygens (including phenoxy) is 1. The van der Waals surface area contributed by atoms with E-state index in [0.29, 0.717) is 18.0 Å². The minimum atomic E-state index is -0.310. The van der Waals surface area contributed by atoms with Gasteiger partial charge in [0, 0.05) is 16.1 Å². The Kier molecular flexibility index (Phi) is 3.06. The van der Waals surface area contributed by atoms with Crippen molar-refractivity contribution in [2.75, 3.05) is 11.9 Å². The van der Waals surface area contributed by atoms with Gasteiger partial charge in [-0.3, -0.25) is 0 Å². The van der Waals surface area contributed by atoms with Crippen LogP contribution in [0, 0.1) is 5.82 Å². The van der Waals surface area contributed by atoms with Crippen molar-refractivity contribution in [1.29, 1.82) is 0 Å². The van der Waals surface area contributed by atoms with E-state index in [1.165, 1.54) is 6.07 Å². The third-order valence-corrected chi connectivity index (χ3v) is 3.53. The van der Waals surface area contributed by atoms with Crippen molar-refractivity contribution in [1.82, 2.24) is 0 Å². The zero-order chi connectivity index (χ0) is 13.4. The van der Waals surface area contributed by atoms with Crippen LogP contribution in [-0.4, -0.2) is 11.7 Å². The molecular formula is C14H11BrFNO2. The minimum Gasteiger partial charge on any atom is -0.508 e. The van der Waals surface area contributed by atoms with Crippen molar-refractivity contribution in [2.24, 2.45) is 0 Å². The maximum atomic E-state index is 13.7. The molecule has 3 nitrogen and oxygen atoms in total. The molecule has 1 unspecified atom stereocenters. The Hall–Kier alpha value is -1.75. The molecule has 0 aliphatic carbocycles. The predicted molar refractivity (Wildman–Crippen MR) is 74.1 cm³/mol. The molecule has 0 saturated heterocycles. The molecule has 19 heavy (non-hydrogen) atoms. The molecule has 0 fully saturated rings. The lowest BCUT2D eigenvalue weighted by atomic mass is 10.1. The van der Waals surface area contributed by atoms with Crippen LogP contribution in [0.15, 0.2) is 40.9 Å². The van der Waals surface area contributed by atoms with E-state index in [0.717, 1.165) is 10.0 Å². The number of nitrogens with one attached hydrogen (secondary N) is 1. The number of phenolic OH excluding ortho intramolecular Hbond substituents is 1. The van der Waals surface area contributed by atoms with Gasteiger partial charge in [0.25, 0.3) is 0 Å². The Bertz CT molecular complexity index is 633. The Balaban J connectivity index is 1.88. The first kappa shape index (κ1) is 12.3. The van der Waals surface area contributed by atoms with E-state index in [9.17, 15) is 9.50 Å². The number of aromatic hydroxyl groups is 1. The SMILES string of the molecule is Oc1ccc2c(c1)OCC2Nc1cc(Br)ccc1F. The fourth-order valence-electron chi connectivity index (χ4n) is 2.11. The third-order valence-electron chi connectivity index (χ3n) is 3.04. The second-order valence-corrected chi connectivity index (χ2v) is 5.27. The molecule has 2 aromatic rings. The summed E-state index contributed by atoms with van der Waals surface area (Å²) in [6.07, 6.45) is 0. The summed E-state index contributed by atoms with van der Waals surface area (Å²) in [6.45, 7) is 0.407. The number of rotatable bonds is 2. The van der Waals surface area contributed by atoms with Crippen molar-refractivity contribution in [3.63, 3.8) is 0 Å². The summed E-state index contributed by atoms with van der Waals surface area (Å²) in [4.78, 5) is 0. The Morgan fingerprint density at radius 2 is 2.11 bits per heavy atom. The molecule has 1 atom stereocenters. The lowest BCUT2D eigenvalue weighted by Gasteiger charge is -2.14. The van der Waals surface area contributed by atoms with Gasteiger partial charge in [-0.05, 0) is 30.3 Å². The number of anilines is 1. The van der Waals surface area contributed by atoms with Crippen LogP contribution in [0.2, 0.25) is 0 Å². The van der Waals surface area contributed by atoms with E-state index in [4.69, 9.17) is 4.74 Å². The molecule has 0 saturated carbocycles. The van der Waals surface area contributed by atoms with E-state index in [1.54, 1.807) is 30.3 Å². The molecule has 1 heterocycles. The molecule has 0 spiro atoms. The smallest absolute Gasteiger partial charge is 0.146 e. The van der Waals surface area contributed by atoms with Crippen LogP contribution < -0.4 is 10.1 Å². The van der Waals surface area contributed by atoms with Crippen LogP contribution in [0.3, 0.4) is 0 Å². The quantitative estimate of drug-likeness (QED) is 0.882. The molecule has 0 bridgehead atoms. The van der Waals surface area contributed by atoms with Crippen LogP contribution >= 0.6 is 15.9 Å². The summed E-state index contributed by atoms with van der Waals surface area (Å²) in [6, 6.07) is 9.56. The molecule has 5 heteroatoms. The summed E-state index contributed by atoms with van der Waals surface area (Å²) in [5.41, 5.74) is 1.33. The standard InChI is InChI=1S/C14H11BrFNO2/c15-8-1-4-11(16)12(5-8)17-13-7-19-14-6-9(18)2-3-10(13)14/h1-6,13,17-18H,7H2. The summed E-state index contributed by atoms with van der Waals surface area (Å²) >= 11 is 3.32. The van der Waals surface area contributed by atoms with Gasteiger partial charge in [0.15, 0.2) is 0 Å². The molecule has 98 valence electrons. The van der Waals surface area contributed by atoms with Crippen molar-refractivity contribution in [2.45, 2.75) is 6.04 Å². The third kappa shape index (κ3) is 2.38. The fraction of sp³-hybridized carbons (Fsp3) is 0.143. The van der Waals surface area contributed by atoms with Crippen molar-refractivity contribution in [3.05, 3.63) is 52.3 Å². The number of hydrogen-bond acceptors (Lipinski definition) is 3. The van der Waals surface area contributed by atoms with Gasteiger partial charge in [-0.1, -0.05) is 15.9 Å². The van der Waals surface area contributed by atoms with Crippen LogP contribution in [0.25, 0.3) is 0 Å². The molecule has 1 aliphatic rings. The maximum Gasteiger partial charge on any atom is 0.146 e. The lowest BCUT2D eigenvalue weighted by Crippen LogP contribution is -2.12. The summed E-state index contributed by atoms with van der Waals surface area (Å²) in [5.74, 6) is 0.483. The summed E-state index contributed by atoms with van der Waals surface area (Å²) < 4.78 is 20.0. The Morgan fingerprint density at radius 3 is 2.95 bits per heavy atom. The van der Waals surface area contributed by atoms with E-state index >= 15 is 0 Å². The van der Waals surface area contributed by atoms with E-state index < -0.39 is 0 Å². The first-order valence-electron chi connectivity index (χ1n) is 5.81. The van der Waals surface area contributed by atoms with Crippen molar-refractivity contribution >= 4 is 21.6 Å². The highest BCUT2D eigenvalue weighted by molar-refractivity contribution is 9.10. The van der Waals surface area contributed by atoms with Crippen LogP contribution in [0.4, 0.5) is 10.1 Å². The second kappa shape index (κ2) is 4.74. The lowest BCUT2D eigenvalue weighted by molar-refractivity contribution is 0.338. The minimum absolute atomic E-state index is 0.126. The highest BCUT2D eigenvalue weighted by Gasteiger charge is 2.25. The van der Waals surface area contributed by atoms with Gasteiger partial charge in [-0.25, -0.2) is 4.39 Å². The average molecular weight is 324 g/mol. The largest absolute Gasteiger partial charge is 0.508 e. The topological polar surface area (TPSA) is 41.5 Å². The van der Waals surface area contributed by atoms with Crippen LogP contribution in [-0.2, 0) is 0 Å². The number of benzene rings is 2. The van der Waals surface area contributed by atoms with E-state index in [-0.39, 0.29) is 17.6 Å². The molecule has 1 aliphatic heterocycles. The highest BCUT2D eigenvalue weighted by Crippen LogP contribution is 2.37. The molecule has 0 amide bonds. The molecule has 3 rings (SSSR count). The van der Waals surface area contributed by atoms with Gasteiger partial charge < -0.3 is 15.2 Å². The van der Waals surface area contributed by atoms with Crippen molar-refractivity contribution in [3.8, 4) is 11.5 Å². The molecule has 0 radical (unpaired) electrons. The van der Waals surface area contributed by atoms with E-state index in [2.05, 4.69) is 21.2 Å². The molecule has 2 aromatic carbocycles. The predicted octanol–water partition coefficient (Wildman–Crippen LogP) is 3.84. The number of fused-ring (bicyclic) bond motifs is 1. The number of hydrogen-bond donors (Lipinski definition) is 2. The first-order valence-corrected chi connectivity index (χ1v) is 6.60. The Morgan fingerprint density at radius 1 is 1.26 bits per heavy atom. The Labute approximate surface area is 118 Å². The average Bonchev–Trinajstić information content (AvgIpc) is 2.76. The summed E-state index contributed by atoms with van der Waals surface area (Å²) in [7, 11) is 0. The normalized spacial score (nSPS) is 16.8. The first-order chi connectivity index (χ1) is 9.13. The molecule has 0 aromatic heterocycles. The van der Waals surface area contributed by atoms with Gasteiger partial charge in [0.2, 0.25) is 0 Å².